The molecule has 1 aliphatic heterocycles. The zero-order valence-electron chi connectivity index (χ0n) is 11.3. The first-order valence-corrected chi connectivity index (χ1v) is 6.60. The number of carbonyl (C=O) groups is 1. The predicted molar refractivity (Wildman–Crippen MR) is 73.5 cm³/mol. The zero-order chi connectivity index (χ0) is 13.0. The van der Waals surface area contributed by atoms with Crippen LogP contribution in [0.15, 0.2) is 24.3 Å². The van der Waals surface area contributed by atoms with Gasteiger partial charge in [-0.2, -0.15) is 0 Å². The Labute approximate surface area is 109 Å². The van der Waals surface area contributed by atoms with Crippen molar-refractivity contribution >= 4 is 5.91 Å². The maximum absolute atomic E-state index is 11.9. The van der Waals surface area contributed by atoms with Crippen LogP contribution in [0.4, 0.5) is 0 Å². The van der Waals surface area contributed by atoms with E-state index in [1.165, 1.54) is 5.56 Å². The Morgan fingerprint density at radius 3 is 2.72 bits per heavy atom. The molecular formula is C15H22N2O. The maximum atomic E-state index is 11.9. The van der Waals surface area contributed by atoms with Crippen molar-refractivity contribution in [2.75, 3.05) is 19.6 Å². The summed E-state index contributed by atoms with van der Waals surface area (Å²) in [6, 6.07) is 8.14. The summed E-state index contributed by atoms with van der Waals surface area (Å²) in [6.07, 6.45) is 1.61. The van der Waals surface area contributed by atoms with Crippen molar-refractivity contribution in [3.8, 4) is 0 Å². The van der Waals surface area contributed by atoms with Gasteiger partial charge in [0.05, 0.1) is 6.42 Å². The van der Waals surface area contributed by atoms with Crippen LogP contribution in [-0.4, -0.2) is 25.5 Å². The third-order valence-corrected chi connectivity index (χ3v) is 3.65. The van der Waals surface area contributed by atoms with Crippen LogP contribution in [0.5, 0.6) is 0 Å². The number of amides is 1. The second-order valence-corrected chi connectivity index (χ2v) is 5.68. The van der Waals surface area contributed by atoms with Gasteiger partial charge in [0.2, 0.25) is 5.91 Å². The van der Waals surface area contributed by atoms with Crippen molar-refractivity contribution in [2.45, 2.75) is 26.7 Å². The fourth-order valence-electron chi connectivity index (χ4n) is 2.29. The van der Waals surface area contributed by atoms with E-state index in [1.54, 1.807) is 0 Å². The Morgan fingerprint density at radius 1 is 1.39 bits per heavy atom. The summed E-state index contributed by atoms with van der Waals surface area (Å²) < 4.78 is 0. The minimum atomic E-state index is 0.118. The molecule has 98 valence electrons. The van der Waals surface area contributed by atoms with Gasteiger partial charge in [-0.1, -0.05) is 36.8 Å². The van der Waals surface area contributed by atoms with Crippen LogP contribution in [0.1, 0.15) is 24.5 Å². The van der Waals surface area contributed by atoms with E-state index in [4.69, 9.17) is 0 Å². The Balaban J connectivity index is 1.80. The third-order valence-electron chi connectivity index (χ3n) is 3.65. The molecular weight excluding hydrogens is 224 g/mol. The topological polar surface area (TPSA) is 41.1 Å². The molecule has 1 saturated heterocycles. The molecule has 1 heterocycles. The highest BCUT2D eigenvalue weighted by Gasteiger charge is 2.28. The Bertz CT molecular complexity index is 405. The minimum Gasteiger partial charge on any atom is -0.355 e. The van der Waals surface area contributed by atoms with Gasteiger partial charge in [-0.25, -0.2) is 0 Å². The first kappa shape index (κ1) is 13.1. The van der Waals surface area contributed by atoms with Gasteiger partial charge in [0, 0.05) is 13.1 Å². The predicted octanol–water partition coefficient (Wildman–Crippen LogP) is 1.65. The lowest BCUT2D eigenvalue weighted by atomic mass is 9.90. The van der Waals surface area contributed by atoms with E-state index in [0.717, 1.165) is 31.6 Å². The van der Waals surface area contributed by atoms with Crippen LogP contribution in [0.3, 0.4) is 0 Å². The molecule has 3 nitrogen and oxygen atoms in total. The van der Waals surface area contributed by atoms with Gasteiger partial charge < -0.3 is 10.6 Å². The van der Waals surface area contributed by atoms with Gasteiger partial charge in [-0.3, -0.25) is 4.79 Å². The summed E-state index contributed by atoms with van der Waals surface area (Å²) in [7, 11) is 0. The quantitative estimate of drug-likeness (QED) is 0.848. The van der Waals surface area contributed by atoms with Crippen molar-refractivity contribution in [1.82, 2.24) is 10.6 Å². The lowest BCUT2D eigenvalue weighted by Gasteiger charge is -2.22. The number of rotatable bonds is 4. The largest absolute Gasteiger partial charge is 0.355 e. The molecule has 0 aliphatic carbocycles. The van der Waals surface area contributed by atoms with Crippen molar-refractivity contribution in [3.63, 3.8) is 0 Å². The Kier molecular flexibility index (Phi) is 4.02. The van der Waals surface area contributed by atoms with Crippen LogP contribution in [-0.2, 0) is 11.2 Å². The lowest BCUT2D eigenvalue weighted by Crippen LogP contribution is -2.37. The molecule has 0 aromatic heterocycles. The lowest BCUT2D eigenvalue weighted by molar-refractivity contribution is -0.120. The first-order chi connectivity index (χ1) is 8.57. The highest BCUT2D eigenvalue weighted by Crippen LogP contribution is 2.22. The molecule has 3 heteroatoms. The Morgan fingerprint density at radius 2 is 2.11 bits per heavy atom. The van der Waals surface area contributed by atoms with E-state index in [9.17, 15) is 4.79 Å². The van der Waals surface area contributed by atoms with Crippen LogP contribution in [0.25, 0.3) is 0 Å². The van der Waals surface area contributed by atoms with Crippen molar-refractivity contribution in [1.29, 1.82) is 0 Å². The van der Waals surface area contributed by atoms with E-state index >= 15 is 0 Å². The molecule has 0 bridgehead atoms. The van der Waals surface area contributed by atoms with E-state index in [1.807, 2.05) is 24.3 Å². The molecule has 18 heavy (non-hydrogen) atoms. The van der Waals surface area contributed by atoms with E-state index in [2.05, 4.69) is 24.5 Å². The fraction of sp³-hybridized carbons (Fsp3) is 0.533. The highest BCUT2D eigenvalue weighted by atomic mass is 16.1. The normalized spacial score (nSPS) is 23.0. The molecule has 0 saturated carbocycles. The van der Waals surface area contributed by atoms with Crippen LogP contribution in [0.2, 0.25) is 0 Å². The second-order valence-electron chi connectivity index (χ2n) is 5.68. The van der Waals surface area contributed by atoms with E-state index in [0.29, 0.717) is 6.42 Å². The molecule has 1 aliphatic rings. The SMILES string of the molecule is Cc1ccc(CC(=O)NCC2(C)CCNC2)cc1. The fourth-order valence-corrected chi connectivity index (χ4v) is 2.29. The van der Waals surface area contributed by atoms with Gasteiger partial charge in [0.25, 0.3) is 0 Å². The molecule has 0 spiro atoms. The molecule has 2 rings (SSSR count). The second kappa shape index (κ2) is 5.53. The summed E-state index contributed by atoms with van der Waals surface area (Å²) in [6.45, 7) is 7.10. The van der Waals surface area contributed by atoms with Gasteiger partial charge in [-0.15, -0.1) is 0 Å². The molecule has 1 aromatic rings. The average molecular weight is 246 g/mol. The summed E-state index contributed by atoms with van der Waals surface area (Å²) in [5.74, 6) is 0.118. The van der Waals surface area contributed by atoms with Crippen molar-refractivity contribution in [2.24, 2.45) is 5.41 Å². The molecule has 1 aromatic carbocycles. The number of aryl methyl sites for hydroxylation is 1. The van der Waals surface area contributed by atoms with Crippen LogP contribution >= 0.6 is 0 Å². The van der Waals surface area contributed by atoms with Gasteiger partial charge in [0.1, 0.15) is 0 Å². The molecule has 1 amide bonds. The standard InChI is InChI=1S/C15H22N2O/c1-12-3-5-13(6-4-12)9-14(18)17-11-15(2)7-8-16-10-15/h3-6,16H,7-11H2,1-2H3,(H,17,18). The van der Waals surface area contributed by atoms with Crippen LogP contribution in [0, 0.1) is 12.3 Å². The molecule has 0 radical (unpaired) electrons. The first-order valence-electron chi connectivity index (χ1n) is 6.60. The smallest absolute Gasteiger partial charge is 0.224 e. The summed E-state index contributed by atoms with van der Waals surface area (Å²) in [4.78, 5) is 11.9. The van der Waals surface area contributed by atoms with Crippen LogP contribution < -0.4 is 10.6 Å². The molecule has 1 unspecified atom stereocenters. The number of carbonyl (C=O) groups excluding carboxylic acids is 1. The summed E-state index contributed by atoms with van der Waals surface area (Å²) in [5, 5.41) is 6.39. The third kappa shape index (κ3) is 3.57. The number of hydrogen-bond acceptors (Lipinski definition) is 2. The molecule has 1 atom stereocenters. The number of nitrogens with one attached hydrogen (secondary N) is 2. The zero-order valence-corrected chi connectivity index (χ0v) is 11.3. The van der Waals surface area contributed by atoms with Gasteiger partial charge >= 0.3 is 0 Å². The minimum absolute atomic E-state index is 0.118. The Hall–Kier alpha value is -1.35. The molecule has 1 fully saturated rings. The van der Waals surface area contributed by atoms with Crippen molar-refractivity contribution < 1.29 is 4.79 Å². The average Bonchev–Trinajstić information content (AvgIpc) is 2.78. The summed E-state index contributed by atoms with van der Waals surface area (Å²) in [5.41, 5.74) is 2.53. The summed E-state index contributed by atoms with van der Waals surface area (Å²) >= 11 is 0. The maximum Gasteiger partial charge on any atom is 0.224 e. The van der Waals surface area contributed by atoms with E-state index < -0.39 is 0 Å². The van der Waals surface area contributed by atoms with Gasteiger partial charge in [-0.05, 0) is 30.9 Å². The number of benzene rings is 1. The highest BCUT2D eigenvalue weighted by molar-refractivity contribution is 5.78. The van der Waals surface area contributed by atoms with Gasteiger partial charge in [0.15, 0.2) is 0 Å². The number of hydrogen-bond donors (Lipinski definition) is 2. The van der Waals surface area contributed by atoms with E-state index in [-0.39, 0.29) is 11.3 Å². The van der Waals surface area contributed by atoms with Crippen molar-refractivity contribution in [3.05, 3.63) is 35.4 Å². The monoisotopic (exact) mass is 246 g/mol. The molecule has 2 N–H and O–H groups in total.